The molecule has 0 bridgehead atoms. The third kappa shape index (κ3) is 24.9. The van der Waals surface area contributed by atoms with E-state index in [1.54, 1.807) is 0 Å². The number of hydrogen-bond acceptors (Lipinski definition) is 2. The molecule has 1 unspecified atom stereocenters. The normalized spacial score (nSPS) is 11.5. The monoisotopic (exact) mass is 400 g/mol. The molecular formula is C24H48O4. The second-order valence-corrected chi connectivity index (χ2v) is 8.00. The highest BCUT2D eigenvalue weighted by molar-refractivity contribution is 5.69. The van der Waals surface area contributed by atoms with Gasteiger partial charge in [0.2, 0.25) is 0 Å². The fourth-order valence-electron chi connectivity index (χ4n) is 3.26. The van der Waals surface area contributed by atoms with Crippen LogP contribution in [-0.2, 0) is 9.59 Å². The minimum atomic E-state index is -0.670. The van der Waals surface area contributed by atoms with Crippen LogP contribution in [0.2, 0.25) is 0 Å². The van der Waals surface area contributed by atoms with Gasteiger partial charge in [0.1, 0.15) is 0 Å². The maximum absolute atomic E-state index is 11.1. The van der Waals surface area contributed by atoms with Crippen molar-refractivity contribution in [3.63, 3.8) is 0 Å². The molecule has 0 aliphatic carbocycles. The predicted molar refractivity (Wildman–Crippen MR) is 119 cm³/mol. The second-order valence-electron chi connectivity index (χ2n) is 8.00. The SMILES string of the molecule is CCCCCCCC(=O)O.CCCCCCCCC(CCCCCC)C(=O)O. The average Bonchev–Trinajstić information content (AvgIpc) is 2.66. The molecule has 0 heterocycles. The van der Waals surface area contributed by atoms with Crippen molar-refractivity contribution in [2.24, 2.45) is 5.92 Å². The van der Waals surface area contributed by atoms with Crippen LogP contribution in [0.4, 0.5) is 0 Å². The van der Waals surface area contributed by atoms with E-state index in [2.05, 4.69) is 20.8 Å². The first-order valence-corrected chi connectivity index (χ1v) is 11.9. The molecule has 0 saturated carbocycles. The van der Waals surface area contributed by atoms with Gasteiger partial charge in [-0.05, 0) is 19.3 Å². The van der Waals surface area contributed by atoms with Gasteiger partial charge in [-0.1, -0.05) is 111 Å². The Morgan fingerprint density at radius 2 is 0.929 bits per heavy atom. The molecule has 0 fully saturated rings. The van der Waals surface area contributed by atoms with E-state index in [9.17, 15) is 14.7 Å². The largest absolute Gasteiger partial charge is 0.481 e. The van der Waals surface area contributed by atoms with Gasteiger partial charge in [0, 0.05) is 6.42 Å². The molecule has 0 aliphatic rings. The van der Waals surface area contributed by atoms with Crippen LogP contribution in [0.25, 0.3) is 0 Å². The Labute approximate surface area is 174 Å². The molecule has 2 N–H and O–H groups in total. The summed E-state index contributed by atoms with van der Waals surface area (Å²) in [4.78, 5) is 21.2. The van der Waals surface area contributed by atoms with Crippen molar-refractivity contribution in [3.8, 4) is 0 Å². The maximum atomic E-state index is 11.1. The molecule has 0 rings (SSSR count). The van der Waals surface area contributed by atoms with Crippen LogP contribution in [0.3, 0.4) is 0 Å². The summed E-state index contributed by atoms with van der Waals surface area (Å²) in [5.74, 6) is -1.34. The lowest BCUT2D eigenvalue weighted by Crippen LogP contribution is -2.13. The Hall–Kier alpha value is -1.06. The molecule has 0 radical (unpaired) electrons. The van der Waals surface area contributed by atoms with E-state index in [4.69, 9.17) is 5.11 Å². The van der Waals surface area contributed by atoms with E-state index in [0.717, 1.165) is 38.5 Å². The summed E-state index contributed by atoms with van der Waals surface area (Å²) in [6.45, 7) is 6.55. The first-order valence-electron chi connectivity index (χ1n) is 11.9. The second kappa shape index (κ2) is 24.0. The number of carboxylic acids is 2. The number of carbonyl (C=O) groups is 2. The Balaban J connectivity index is 0. The zero-order valence-electron chi connectivity index (χ0n) is 19.0. The molecule has 0 amide bonds. The molecule has 168 valence electrons. The standard InChI is InChI=1S/C16H32O2.C8H16O2/c1-3-5-7-9-10-12-14-15(16(17)18)13-11-8-6-4-2;1-2-3-4-5-6-7-8(9)10/h15H,3-14H2,1-2H3,(H,17,18);2-7H2,1H3,(H,9,10). The zero-order valence-corrected chi connectivity index (χ0v) is 19.0. The van der Waals surface area contributed by atoms with Crippen LogP contribution in [0.5, 0.6) is 0 Å². The van der Waals surface area contributed by atoms with E-state index in [1.807, 2.05) is 0 Å². The Kier molecular flexibility index (Phi) is 25.0. The molecule has 0 spiro atoms. The molecule has 4 heteroatoms. The zero-order chi connectivity index (χ0) is 21.5. The lowest BCUT2D eigenvalue weighted by molar-refractivity contribution is -0.142. The third-order valence-corrected chi connectivity index (χ3v) is 5.16. The lowest BCUT2D eigenvalue weighted by Gasteiger charge is -2.11. The van der Waals surface area contributed by atoms with Crippen LogP contribution in [0, 0.1) is 5.92 Å². The summed E-state index contributed by atoms with van der Waals surface area (Å²) in [5, 5.41) is 17.4. The minimum absolute atomic E-state index is 0.0898. The van der Waals surface area contributed by atoms with Crippen molar-refractivity contribution in [1.82, 2.24) is 0 Å². The quantitative estimate of drug-likeness (QED) is 0.216. The summed E-state index contributed by atoms with van der Waals surface area (Å²) < 4.78 is 0. The fourth-order valence-corrected chi connectivity index (χ4v) is 3.26. The van der Waals surface area contributed by atoms with Crippen LogP contribution < -0.4 is 0 Å². The summed E-state index contributed by atoms with van der Waals surface area (Å²) in [6.07, 6.45) is 19.9. The topological polar surface area (TPSA) is 74.6 Å². The number of carboxylic acid groups (broad SMARTS) is 2. The van der Waals surface area contributed by atoms with E-state index < -0.39 is 11.9 Å². The molecule has 0 aromatic rings. The van der Waals surface area contributed by atoms with Gasteiger partial charge in [-0.2, -0.15) is 0 Å². The summed E-state index contributed by atoms with van der Waals surface area (Å²) in [5.41, 5.74) is 0. The molecule has 1 atom stereocenters. The van der Waals surface area contributed by atoms with Gasteiger partial charge >= 0.3 is 11.9 Å². The molecule has 0 aromatic carbocycles. The number of rotatable bonds is 19. The van der Waals surface area contributed by atoms with Gasteiger partial charge in [-0.15, -0.1) is 0 Å². The van der Waals surface area contributed by atoms with E-state index in [0.29, 0.717) is 6.42 Å². The van der Waals surface area contributed by atoms with Crippen LogP contribution in [0.15, 0.2) is 0 Å². The number of unbranched alkanes of at least 4 members (excludes halogenated alkanes) is 12. The van der Waals surface area contributed by atoms with Crippen molar-refractivity contribution in [2.45, 2.75) is 136 Å². The van der Waals surface area contributed by atoms with Gasteiger partial charge in [-0.3, -0.25) is 9.59 Å². The summed E-state index contributed by atoms with van der Waals surface area (Å²) in [7, 11) is 0. The Morgan fingerprint density at radius 1 is 0.571 bits per heavy atom. The first-order chi connectivity index (χ1) is 13.5. The van der Waals surface area contributed by atoms with Crippen LogP contribution in [0.1, 0.15) is 136 Å². The molecule has 0 aliphatic heterocycles. The van der Waals surface area contributed by atoms with E-state index in [-0.39, 0.29) is 5.92 Å². The fraction of sp³-hybridized carbons (Fsp3) is 0.917. The Bertz CT molecular complexity index is 341. The molecular weight excluding hydrogens is 352 g/mol. The van der Waals surface area contributed by atoms with Crippen molar-refractivity contribution < 1.29 is 19.8 Å². The van der Waals surface area contributed by atoms with E-state index >= 15 is 0 Å². The van der Waals surface area contributed by atoms with Crippen molar-refractivity contribution in [2.75, 3.05) is 0 Å². The van der Waals surface area contributed by atoms with Crippen molar-refractivity contribution >= 4 is 11.9 Å². The number of hydrogen-bond donors (Lipinski definition) is 2. The number of aliphatic carboxylic acids is 2. The summed E-state index contributed by atoms with van der Waals surface area (Å²) in [6, 6.07) is 0. The predicted octanol–water partition coefficient (Wildman–Crippen LogP) is 7.84. The highest BCUT2D eigenvalue weighted by Crippen LogP contribution is 2.19. The van der Waals surface area contributed by atoms with Gasteiger partial charge < -0.3 is 10.2 Å². The summed E-state index contributed by atoms with van der Waals surface area (Å²) >= 11 is 0. The van der Waals surface area contributed by atoms with Gasteiger partial charge in [0.25, 0.3) is 0 Å². The molecule has 0 saturated heterocycles. The van der Waals surface area contributed by atoms with Crippen LogP contribution in [-0.4, -0.2) is 22.2 Å². The Morgan fingerprint density at radius 3 is 1.32 bits per heavy atom. The van der Waals surface area contributed by atoms with Gasteiger partial charge in [-0.25, -0.2) is 0 Å². The smallest absolute Gasteiger partial charge is 0.306 e. The van der Waals surface area contributed by atoms with Crippen molar-refractivity contribution in [3.05, 3.63) is 0 Å². The first kappa shape index (κ1) is 29.1. The highest BCUT2D eigenvalue weighted by atomic mass is 16.4. The van der Waals surface area contributed by atoms with Crippen LogP contribution >= 0.6 is 0 Å². The molecule has 0 aromatic heterocycles. The highest BCUT2D eigenvalue weighted by Gasteiger charge is 2.15. The van der Waals surface area contributed by atoms with Gasteiger partial charge in [0.05, 0.1) is 5.92 Å². The minimum Gasteiger partial charge on any atom is -0.481 e. The molecule has 4 nitrogen and oxygen atoms in total. The van der Waals surface area contributed by atoms with Crippen molar-refractivity contribution in [1.29, 1.82) is 0 Å². The van der Waals surface area contributed by atoms with E-state index in [1.165, 1.54) is 70.6 Å². The molecule has 28 heavy (non-hydrogen) atoms. The maximum Gasteiger partial charge on any atom is 0.306 e. The lowest BCUT2D eigenvalue weighted by atomic mass is 9.94. The average molecular weight is 401 g/mol. The van der Waals surface area contributed by atoms with Gasteiger partial charge in [0.15, 0.2) is 0 Å². The third-order valence-electron chi connectivity index (χ3n) is 5.16.